The van der Waals surface area contributed by atoms with Gasteiger partial charge in [0.2, 0.25) is 0 Å². The molecular weight excluding hydrogens is 255 g/mol. The van der Waals surface area contributed by atoms with E-state index in [0.29, 0.717) is 6.04 Å². The molecule has 0 saturated carbocycles. The van der Waals surface area contributed by atoms with Crippen molar-refractivity contribution in [3.05, 3.63) is 48.0 Å². The third-order valence-corrected chi connectivity index (χ3v) is 3.75. The number of furan rings is 1. The third-order valence-electron chi connectivity index (χ3n) is 3.75. The van der Waals surface area contributed by atoms with Crippen molar-refractivity contribution in [2.45, 2.75) is 19.0 Å². The molecule has 1 saturated heterocycles. The average molecular weight is 274 g/mol. The molecule has 0 bridgehead atoms. The molecule has 1 atom stereocenters. The fourth-order valence-corrected chi connectivity index (χ4v) is 2.59. The second-order valence-corrected chi connectivity index (χ2v) is 5.40. The summed E-state index contributed by atoms with van der Waals surface area (Å²) >= 11 is 0. The molecule has 0 radical (unpaired) electrons. The molecule has 3 rings (SSSR count). The van der Waals surface area contributed by atoms with Gasteiger partial charge in [-0.1, -0.05) is 0 Å². The van der Waals surface area contributed by atoms with Crippen molar-refractivity contribution < 1.29 is 8.81 Å². The number of rotatable bonds is 4. The largest absolute Gasteiger partial charge is 0.460 e. The van der Waals surface area contributed by atoms with Crippen molar-refractivity contribution >= 4 is 0 Å². The van der Waals surface area contributed by atoms with E-state index >= 15 is 0 Å². The molecule has 1 N–H and O–H groups in total. The molecule has 106 valence electrons. The number of nitrogens with zero attached hydrogens (tertiary/aromatic N) is 1. The first-order chi connectivity index (χ1) is 9.70. The summed E-state index contributed by atoms with van der Waals surface area (Å²) in [5.41, 5.74) is 0.901. The van der Waals surface area contributed by atoms with Crippen LogP contribution in [0.4, 0.5) is 4.39 Å². The highest BCUT2D eigenvalue weighted by Gasteiger charge is 2.18. The van der Waals surface area contributed by atoms with Gasteiger partial charge in [-0.3, -0.25) is 0 Å². The minimum Gasteiger partial charge on any atom is -0.460 e. The molecule has 1 aromatic heterocycles. The van der Waals surface area contributed by atoms with Gasteiger partial charge in [0.1, 0.15) is 17.3 Å². The normalized spacial score (nSPS) is 19.6. The molecule has 20 heavy (non-hydrogen) atoms. The van der Waals surface area contributed by atoms with E-state index in [1.165, 1.54) is 18.6 Å². The fraction of sp³-hybridized carbons (Fsp3) is 0.375. The van der Waals surface area contributed by atoms with Gasteiger partial charge in [-0.25, -0.2) is 4.39 Å². The summed E-state index contributed by atoms with van der Waals surface area (Å²) in [4.78, 5) is 2.32. The Hall–Kier alpha value is -1.65. The number of likely N-dealkylation sites (N-methyl/N-ethyl adjacent to an activating group) is 1. The predicted molar refractivity (Wildman–Crippen MR) is 76.8 cm³/mol. The summed E-state index contributed by atoms with van der Waals surface area (Å²) in [5, 5.41) is 3.51. The Labute approximate surface area is 118 Å². The first-order valence-corrected chi connectivity index (χ1v) is 6.97. The van der Waals surface area contributed by atoms with Crippen molar-refractivity contribution in [1.29, 1.82) is 0 Å². The lowest BCUT2D eigenvalue weighted by molar-refractivity contribution is 0.391. The molecule has 3 nitrogen and oxygen atoms in total. The molecule has 1 aliphatic heterocycles. The van der Waals surface area contributed by atoms with Crippen LogP contribution < -0.4 is 5.32 Å². The average Bonchev–Trinajstić information content (AvgIpc) is 3.06. The first-order valence-electron chi connectivity index (χ1n) is 6.97. The van der Waals surface area contributed by atoms with E-state index in [-0.39, 0.29) is 5.82 Å². The Morgan fingerprint density at radius 1 is 1.25 bits per heavy atom. The highest BCUT2D eigenvalue weighted by molar-refractivity contribution is 5.57. The highest BCUT2D eigenvalue weighted by atomic mass is 19.1. The van der Waals surface area contributed by atoms with E-state index in [1.54, 1.807) is 12.1 Å². The first kappa shape index (κ1) is 13.3. The van der Waals surface area contributed by atoms with Crippen LogP contribution in [0.2, 0.25) is 0 Å². The molecule has 0 spiro atoms. The van der Waals surface area contributed by atoms with Crippen LogP contribution >= 0.6 is 0 Å². The summed E-state index contributed by atoms with van der Waals surface area (Å²) in [6, 6.07) is 10.8. The maximum absolute atomic E-state index is 12.9. The fourth-order valence-electron chi connectivity index (χ4n) is 2.59. The second kappa shape index (κ2) is 5.77. The Morgan fingerprint density at radius 2 is 2.05 bits per heavy atom. The van der Waals surface area contributed by atoms with Crippen molar-refractivity contribution in [2.75, 3.05) is 20.1 Å². The second-order valence-electron chi connectivity index (χ2n) is 5.40. The highest BCUT2D eigenvalue weighted by Crippen LogP contribution is 2.22. The SMILES string of the molecule is CN1CCC(NCc2ccc(-c3ccc(F)cc3)o2)C1. The van der Waals surface area contributed by atoms with Crippen LogP contribution in [-0.2, 0) is 6.54 Å². The Morgan fingerprint density at radius 3 is 2.75 bits per heavy atom. The zero-order chi connectivity index (χ0) is 13.9. The molecule has 1 fully saturated rings. The Kier molecular flexibility index (Phi) is 3.85. The van der Waals surface area contributed by atoms with E-state index in [1.807, 2.05) is 12.1 Å². The number of likely N-dealkylation sites (tertiary alicyclic amines) is 1. The van der Waals surface area contributed by atoms with E-state index in [0.717, 1.165) is 36.7 Å². The molecule has 1 aromatic carbocycles. The van der Waals surface area contributed by atoms with Gasteiger partial charge < -0.3 is 14.6 Å². The third kappa shape index (κ3) is 3.08. The number of nitrogens with one attached hydrogen (secondary N) is 1. The lowest BCUT2D eigenvalue weighted by Gasteiger charge is -2.11. The molecule has 1 unspecified atom stereocenters. The number of hydrogen-bond acceptors (Lipinski definition) is 3. The summed E-state index contributed by atoms with van der Waals surface area (Å²) in [7, 11) is 2.14. The monoisotopic (exact) mass is 274 g/mol. The predicted octanol–water partition coefficient (Wildman–Crippen LogP) is 2.88. The van der Waals surface area contributed by atoms with Gasteiger partial charge in [0.25, 0.3) is 0 Å². The van der Waals surface area contributed by atoms with Gasteiger partial charge in [-0.2, -0.15) is 0 Å². The van der Waals surface area contributed by atoms with E-state index in [4.69, 9.17) is 4.42 Å². The molecular formula is C16H19FN2O. The van der Waals surface area contributed by atoms with Gasteiger partial charge in [0.05, 0.1) is 6.54 Å². The van der Waals surface area contributed by atoms with E-state index in [9.17, 15) is 4.39 Å². The summed E-state index contributed by atoms with van der Waals surface area (Å²) < 4.78 is 18.7. The molecule has 1 aliphatic rings. The minimum absolute atomic E-state index is 0.229. The van der Waals surface area contributed by atoms with Crippen molar-refractivity contribution in [1.82, 2.24) is 10.2 Å². The number of benzene rings is 1. The molecule has 2 aromatic rings. The van der Waals surface area contributed by atoms with Crippen LogP contribution in [0, 0.1) is 5.82 Å². The minimum atomic E-state index is -0.229. The van der Waals surface area contributed by atoms with Crippen molar-refractivity contribution in [2.24, 2.45) is 0 Å². The molecule has 2 heterocycles. The van der Waals surface area contributed by atoms with Crippen LogP contribution in [0.15, 0.2) is 40.8 Å². The summed E-state index contributed by atoms with van der Waals surface area (Å²) in [6.45, 7) is 2.97. The molecule has 4 heteroatoms. The number of hydrogen-bond donors (Lipinski definition) is 1. The van der Waals surface area contributed by atoms with Gasteiger partial charge in [-0.15, -0.1) is 0 Å². The zero-order valence-electron chi connectivity index (χ0n) is 11.6. The number of halogens is 1. The standard InChI is InChI=1S/C16H19FN2O/c1-19-9-8-14(11-19)18-10-15-6-7-16(20-15)12-2-4-13(17)5-3-12/h2-7,14,18H,8-11H2,1H3. The van der Waals surface area contributed by atoms with Gasteiger partial charge in [-0.05, 0) is 56.4 Å². The van der Waals surface area contributed by atoms with Gasteiger partial charge >= 0.3 is 0 Å². The molecule has 0 aliphatic carbocycles. The lowest BCUT2D eigenvalue weighted by atomic mass is 10.2. The van der Waals surface area contributed by atoms with Crippen LogP contribution in [0.25, 0.3) is 11.3 Å². The molecule has 0 amide bonds. The smallest absolute Gasteiger partial charge is 0.134 e. The summed E-state index contributed by atoms with van der Waals surface area (Å²) in [6.07, 6.45) is 1.18. The quantitative estimate of drug-likeness (QED) is 0.929. The lowest BCUT2D eigenvalue weighted by Crippen LogP contribution is -2.30. The van der Waals surface area contributed by atoms with Crippen molar-refractivity contribution in [3.63, 3.8) is 0 Å². The maximum Gasteiger partial charge on any atom is 0.134 e. The topological polar surface area (TPSA) is 28.4 Å². The van der Waals surface area contributed by atoms with Crippen molar-refractivity contribution in [3.8, 4) is 11.3 Å². The van der Waals surface area contributed by atoms with E-state index < -0.39 is 0 Å². The summed E-state index contributed by atoms with van der Waals surface area (Å²) in [5.74, 6) is 1.47. The Balaban J connectivity index is 1.60. The van der Waals surface area contributed by atoms with Crippen LogP contribution in [0.1, 0.15) is 12.2 Å². The van der Waals surface area contributed by atoms with Gasteiger partial charge in [0.15, 0.2) is 0 Å². The van der Waals surface area contributed by atoms with Crippen LogP contribution in [0.5, 0.6) is 0 Å². The van der Waals surface area contributed by atoms with Crippen LogP contribution in [-0.4, -0.2) is 31.1 Å². The van der Waals surface area contributed by atoms with E-state index in [2.05, 4.69) is 17.3 Å². The Bertz CT molecular complexity index is 564. The maximum atomic E-state index is 12.9. The van der Waals surface area contributed by atoms with Gasteiger partial charge in [0, 0.05) is 18.2 Å². The zero-order valence-corrected chi connectivity index (χ0v) is 11.6. The van der Waals surface area contributed by atoms with Crippen LogP contribution in [0.3, 0.4) is 0 Å².